The Hall–Kier alpha value is -3.08. The number of carbonyl (C=O) groups excluding carboxylic acids is 3. The highest BCUT2D eigenvalue weighted by Crippen LogP contribution is 2.32. The summed E-state index contributed by atoms with van der Waals surface area (Å²) in [4.78, 5) is 43.3. The van der Waals surface area contributed by atoms with Crippen molar-refractivity contribution in [1.29, 1.82) is 5.26 Å². The van der Waals surface area contributed by atoms with Crippen LogP contribution in [0.1, 0.15) is 77.7 Å². The van der Waals surface area contributed by atoms with Gasteiger partial charge in [0.05, 0.1) is 0 Å². The van der Waals surface area contributed by atoms with Gasteiger partial charge in [-0.15, -0.1) is 0 Å². The van der Waals surface area contributed by atoms with Crippen molar-refractivity contribution in [3.63, 3.8) is 0 Å². The first kappa shape index (κ1) is 26.0. The Morgan fingerprint density at radius 3 is 2.39 bits per heavy atom. The Morgan fingerprint density at radius 1 is 1.11 bits per heavy atom. The highest BCUT2D eigenvalue weighted by Gasteiger charge is 2.45. The van der Waals surface area contributed by atoms with Gasteiger partial charge >= 0.3 is 0 Å². The zero-order valence-corrected chi connectivity index (χ0v) is 21.8. The summed E-state index contributed by atoms with van der Waals surface area (Å²) in [7, 11) is 0. The van der Waals surface area contributed by atoms with E-state index in [0.29, 0.717) is 25.2 Å². The Kier molecular flexibility index (Phi) is 7.87. The lowest BCUT2D eigenvalue weighted by Gasteiger charge is -2.38. The molecule has 36 heavy (non-hydrogen) atoms. The van der Waals surface area contributed by atoms with E-state index in [0.717, 1.165) is 37.7 Å². The number of nitrogens with one attached hydrogen (secondary N) is 2. The smallest absolute Gasteiger partial charge is 0.251 e. The number of nitrogens with zero attached hydrogens (tertiary/aromatic N) is 3. The number of nitriles is 1. The monoisotopic (exact) mass is 493 g/mol. The minimum atomic E-state index is -0.833. The Labute approximate surface area is 214 Å². The van der Waals surface area contributed by atoms with Crippen molar-refractivity contribution in [2.24, 2.45) is 5.92 Å². The molecule has 8 nitrogen and oxygen atoms in total. The van der Waals surface area contributed by atoms with Crippen molar-refractivity contribution in [3.8, 4) is 6.19 Å². The zero-order chi connectivity index (χ0) is 25.9. The largest absolute Gasteiger partial charge is 0.356 e. The second-order valence-corrected chi connectivity index (χ2v) is 11.5. The number of anilines is 1. The van der Waals surface area contributed by atoms with Crippen molar-refractivity contribution in [3.05, 3.63) is 29.8 Å². The van der Waals surface area contributed by atoms with Crippen LogP contribution < -0.4 is 15.5 Å². The van der Waals surface area contributed by atoms with E-state index >= 15 is 0 Å². The lowest BCUT2D eigenvalue weighted by atomic mass is 9.86. The molecule has 2 N–H and O–H groups in total. The van der Waals surface area contributed by atoms with Gasteiger partial charge in [-0.05, 0) is 48.8 Å². The molecule has 0 bridgehead atoms. The predicted molar refractivity (Wildman–Crippen MR) is 138 cm³/mol. The maximum Gasteiger partial charge on any atom is 0.251 e. The molecule has 0 aromatic heterocycles. The van der Waals surface area contributed by atoms with Crippen LogP contribution >= 0.6 is 0 Å². The summed E-state index contributed by atoms with van der Waals surface area (Å²) in [6.45, 7) is 7.27. The molecule has 2 saturated heterocycles. The first-order valence-corrected chi connectivity index (χ1v) is 13.4. The van der Waals surface area contributed by atoms with Gasteiger partial charge in [-0.2, -0.15) is 5.26 Å². The highest BCUT2D eigenvalue weighted by atomic mass is 16.2. The van der Waals surface area contributed by atoms with Gasteiger partial charge in [0.1, 0.15) is 12.1 Å². The van der Waals surface area contributed by atoms with Gasteiger partial charge in [-0.1, -0.05) is 52.2 Å². The molecule has 8 heteroatoms. The van der Waals surface area contributed by atoms with Gasteiger partial charge < -0.3 is 10.6 Å². The zero-order valence-electron chi connectivity index (χ0n) is 21.8. The van der Waals surface area contributed by atoms with Crippen molar-refractivity contribution < 1.29 is 14.4 Å². The molecular formula is C28H39N5O3. The summed E-state index contributed by atoms with van der Waals surface area (Å²) in [5.74, 6) is -0.909. The fourth-order valence-corrected chi connectivity index (χ4v) is 5.78. The molecule has 194 valence electrons. The lowest BCUT2D eigenvalue weighted by Crippen LogP contribution is -2.59. The Bertz CT molecular complexity index is 1000. The molecule has 1 aromatic rings. The fourth-order valence-electron chi connectivity index (χ4n) is 5.78. The molecule has 1 aromatic carbocycles. The van der Waals surface area contributed by atoms with E-state index in [1.165, 1.54) is 11.3 Å². The van der Waals surface area contributed by atoms with E-state index in [9.17, 15) is 19.6 Å². The predicted octanol–water partition coefficient (Wildman–Crippen LogP) is 3.22. The molecule has 3 atom stereocenters. The van der Waals surface area contributed by atoms with Crippen LogP contribution in [-0.2, 0) is 19.8 Å². The van der Waals surface area contributed by atoms with Crippen LogP contribution in [0.2, 0.25) is 0 Å². The summed E-state index contributed by atoms with van der Waals surface area (Å²) in [5.41, 5.74) is 1.69. The Morgan fingerprint density at radius 2 is 1.81 bits per heavy atom. The van der Waals surface area contributed by atoms with Gasteiger partial charge in [-0.25, -0.2) is 0 Å². The summed E-state index contributed by atoms with van der Waals surface area (Å²) in [6, 6.07) is 6.44. The number of hydrogen-bond acceptors (Lipinski definition) is 5. The molecule has 3 amide bonds. The molecule has 0 spiro atoms. The normalized spacial score (nSPS) is 23.6. The van der Waals surface area contributed by atoms with Gasteiger partial charge in [0.15, 0.2) is 6.19 Å². The van der Waals surface area contributed by atoms with Crippen molar-refractivity contribution in [1.82, 2.24) is 15.5 Å². The molecule has 2 heterocycles. The van der Waals surface area contributed by atoms with Crippen LogP contribution in [0.15, 0.2) is 24.3 Å². The topological polar surface area (TPSA) is 106 Å². The lowest BCUT2D eigenvalue weighted by molar-refractivity contribution is -0.129. The van der Waals surface area contributed by atoms with Crippen molar-refractivity contribution in [2.75, 3.05) is 18.0 Å². The number of likely N-dealkylation sites (tertiary alicyclic amines) is 1. The number of hydrogen-bond donors (Lipinski definition) is 2. The van der Waals surface area contributed by atoms with E-state index in [1.54, 1.807) is 4.90 Å². The number of rotatable bonds is 6. The standard InChI is InChI=1S/C28H39N5O3/c1-28(2,3)20-11-13-22(14-12-20)33(27(36)23-10-7-15-32(23)18-29)25(19-16-24(34)30-17-19)26(35)31-21-8-5-4-6-9-21/h11-14,19,21,23,25H,4-10,15-17H2,1-3H3,(H,30,34)(H,31,35)/t19?,23-,25?/m1/s1. The maximum absolute atomic E-state index is 14.1. The average molecular weight is 494 g/mol. The number of amides is 3. The van der Waals surface area contributed by atoms with E-state index in [4.69, 9.17) is 0 Å². The third kappa shape index (κ3) is 5.66. The van der Waals surface area contributed by atoms with E-state index < -0.39 is 12.1 Å². The SMILES string of the molecule is CC(C)(C)c1ccc(N(C(=O)[C@H]2CCCN2C#N)C(C(=O)NC2CCCCC2)C2CNC(=O)C2)cc1. The van der Waals surface area contributed by atoms with Crippen LogP contribution in [0.5, 0.6) is 0 Å². The molecule has 1 aliphatic carbocycles. The minimum absolute atomic E-state index is 0.0595. The van der Waals surface area contributed by atoms with Crippen molar-refractivity contribution >= 4 is 23.4 Å². The van der Waals surface area contributed by atoms with Gasteiger partial charge in [0, 0.05) is 37.2 Å². The number of carbonyl (C=O) groups is 3. The van der Waals surface area contributed by atoms with Gasteiger partial charge in [-0.3, -0.25) is 24.2 Å². The third-order valence-corrected chi connectivity index (χ3v) is 7.87. The highest BCUT2D eigenvalue weighted by molar-refractivity contribution is 6.04. The average Bonchev–Trinajstić information content (AvgIpc) is 3.51. The van der Waals surface area contributed by atoms with Crippen LogP contribution in [0, 0.1) is 17.4 Å². The first-order valence-electron chi connectivity index (χ1n) is 13.4. The molecular weight excluding hydrogens is 454 g/mol. The van der Waals surface area contributed by atoms with Crippen molar-refractivity contribution in [2.45, 2.75) is 95.7 Å². The number of benzene rings is 1. The summed E-state index contributed by atoms with van der Waals surface area (Å²) >= 11 is 0. The van der Waals surface area contributed by atoms with Crippen LogP contribution in [0.3, 0.4) is 0 Å². The molecule has 4 rings (SSSR count). The molecule has 2 unspecified atom stereocenters. The van der Waals surface area contributed by atoms with E-state index in [1.807, 2.05) is 24.3 Å². The van der Waals surface area contributed by atoms with Crippen LogP contribution in [-0.4, -0.2) is 53.8 Å². The van der Waals surface area contributed by atoms with Gasteiger partial charge in [0.2, 0.25) is 11.8 Å². The first-order chi connectivity index (χ1) is 17.2. The van der Waals surface area contributed by atoms with Crippen LogP contribution in [0.4, 0.5) is 5.69 Å². The Balaban J connectivity index is 1.73. The minimum Gasteiger partial charge on any atom is -0.356 e. The second kappa shape index (κ2) is 10.9. The molecule has 3 fully saturated rings. The molecule has 0 radical (unpaired) electrons. The molecule has 3 aliphatic rings. The quantitative estimate of drug-likeness (QED) is 0.592. The molecule has 2 aliphatic heterocycles. The van der Waals surface area contributed by atoms with Gasteiger partial charge in [0.25, 0.3) is 5.91 Å². The third-order valence-electron chi connectivity index (χ3n) is 7.87. The molecule has 1 saturated carbocycles. The second-order valence-electron chi connectivity index (χ2n) is 11.5. The van der Waals surface area contributed by atoms with E-state index in [-0.39, 0.29) is 41.5 Å². The van der Waals surface area contributed by atoms with Crippen LogP contribution in [0.25, 0.3) is 0 Å². The fraction of sp³-hybridized carbons (Fsp3) is 0.643. The van der Waals surface area contributed by atoms with E-state index in [2.05, 4.69) is 37.6 Å². The maximum atomic E-state index is 14.1. The summed E-state index contributed by atoms with van der Waals surface area (Å²) < 4.78 is 0. The summed E-state index contributed by atoms with van der Waals surface area (Å²) in [6.07, 6.45) is 8.87. The summed E-state index contributed by atoms with van der Waals surface area (Å²) in [5, 5.41) is 15.7.